The predicted molar refractivity (Wildman–Crippen MR) is 104 cm³/mol. The summed E-state index contributed by atoms with van der Waals surface area (Å²) < 4.78 is 31.5. The Kier molecular flexibility index (Phi) is 6.44. The lowest BCUT2D eigenvalue weighted by Crippen LogP contribution is -2.55. The van der Waals surface area contributed by atoms with Crippen molar-refractivity contribution in [2.75, 3.05) is 7.11 Å². The van der Waals surface area contributed by atoms with Crippen molar-refractivity contribution >= 4 is 17.8 Å². The highest BCUT2D eigenvalue weighted by Gasteiger charge is 2.37. The molecular weight excluding hydrogens is 394 g/mol. The number of ether oxygens (including phenoxy) is 1. The zero-order valence-electron chi connectivity index (χ0n) is 16.7. The summed E-state index contributed by atoms with van der Waals surface area (Å²) in [5.74, 6) is -3.11. The average molecular weight is 416 g/mol. The number of rotatable bonds is 5. The van der Waals surface area contributed by atoms with Crippen LogP contribution in [0.3, 0.4) is 0 Å². The Hall–Kier alpha value is -3.29. The van der Waals surface area contributed by atoms with Crippen molar-refractivity contribution in [1.29, 1.82) is 0 Å². The van der Waals surface area contributed by atoms with Crippen molar-refractivity contribution < 1.29 is 27.9 Å². The van der Waals surface area contributed by atoms with E-state index in [1.54, 1.807) is 0 Å². The second kappa shape index (κ2) is 9.02. The molecule has 158 valence electrons. The van der Waals surface area contributed by atoms with Gasteiger partial charge in [0, 0.05) is 19.0 Å². The summed E-state index contributed by atoms with van der Waals surface area (Å²) in [6, 6.07) is 8.60. The van der Waals surface area contributed by atoms with Gasteiger partial charge in [0.1, 0.15) is 23.7 Å². The van der Waals surface area contributed by atoms with Crippen molar-refractivity contribution in [3.63, 3.8) is 0 Å². The van der Waals surface area contributed by atoms with Gasteiger partial charge in [0.25, 0.3) is 0 Å². The van der Waals surface area contributed by atoms with E-state index in [0.29, 0.717) is 12.5 Å². The fraction of sp³-hybridized carbons (Fsp3) is 0.318. The van der Waals surface area contributed by atoms with Gasteiger partial charge in [0.15, 0.2) is 0 Å². The van der Waals surface area contributed by atoms with Crippen LogP contribution in [0.2, 0.25) is 0 Å². The molecule has 0 spiro atoms. The summed E-state index contributed by atoms with van der Waals surface area (Å²) in [4.78, 5) is 39.0. The predicted octanol–water partition coefficient (Wildman–Crippen LogP) is 2.14. The normalized spacial score (nSPS) is 16.4. The Bertz CT molecular complexity index is 959. The number of benzene rings is 2. The van der Waals surface area contributed by atoms with Gasteiger partial charge in [-0.2, -0.15) is 0 Å². The SMILES string of the molecule is COC(=O)C1Cc2ccccc2CN1C(=O)[C@H](C)NC(=O)Cc1cc(F)cc(F)c1. The highest BCUT2D eigenvalue weighted by molar-refractivity contribution is 5.91. The first-order chi connectivity index (χ1) is 14.3. The van der Waals surface area contributed by atoms with Gasteiger partial charge in [-0.25, -0.2) is 13.6 Å². The van der Waals surface area contributed by atoms with Crippen LogP contribution in [0, 0.1) is 11.6 Å². The molecule has 0 radical (unpaired) electrons. The molecule has 8 heteroatoms. The Labute approximate surface area is 172 Å². The summed E-state index contributed by atoms with van der Waals surface area (Å²) in [6.45, 7) is 1.71. The number of nitrogens with zero attached hydrogens (tertiary/aromatic N) is 1. The fourth-order valence-electron chi connectivity index (χ4n) is 3.60. The number of hydrogen-bond acceptors (Lipinski definition) is 4. The van der Waals surface area contributed by atoms with E-state index in [0.717, 1.165) is 23.3 Å². The van der Waals surface area contributed by atoms with Crippen LogP contribution in [0.25, 0.3) is 0 Å². The number of carbonyl (C=O) groups is 3. The molecule has 1 aliphatic heterocycles. The van der Waals surface area contributed by atoms with E-state index in [4.69, 9.17) is 4.74 Å². The minimum absolute atomic E-state index is 0.156. The topological polar surface area (TPSA) is 75.7 Å². The molecular formula is C22H22F2N2O4. The molecule has 0 saturated carbocycles. The number of methoxy groups -OCH3 is 1. The fourth-order valence-corrected chi connectivity index (χ4v) is 3.60. The molecule has 6 nitrogen and oxygen atoms in total. The van der Waals surface area contributed by atoms with Crippen LogP contribution in [0.5, 0.6) is 0 Å². The van der Waals surface area contributed by atoms with E-state index in [1.807, 2.05) is 24.3 Å². The minimum Gasteiger partial charge on any atom is -0.467 e. The van der Waals surface area contributed by atoms with Crippen molar-refractivity contribution in [2.24, 2.45) is 0 Å². The maximum absolute atomic E-state index is 13.3. The molecule has 0 saturated heterocycles. The maximum Gasteiger partial charge on any atom is 0.328 e. The van der Waals surface area contributed by atoms with Crippen LogP contribution in [0.4, 0.5) is 8.78 Å². The van der Waals surface area contributed by atoms with Crippen molar-refractivity contribution in [3.8, 4) is 0 Å². The summed E-state index contributed by atoms with van der Waals surface area (Å²) in [6.07, 6.45) is 0.0351. The van der Waals surface area contributed by atoms with Gasteiger partial charge in [-0.3, -0.25) is 9.59 Å². The molecule has 2 aromatic carbocycles. The molecule has 1 heterocycles. The molecule has 2 amide bonds. The van der Waals surface area contributed by atoms with Gasteiger partial charge < -0.3 is 15.0 Å². The Balaban J connectivity index is 1.71. The number of esters is 1. The van der Waals surface area contributed by atoms with Gasteiger partial charge in [0.2, 0.25) is 11.8 Å². The van der Waals surface area contributed by atoms with Crippen LogP contribution in [0.15, 0.2) is 42.5 Å². The van der Waals surface area contributed by atoms with Gasteiger partial charge in [-0.15, -0.1) is 0 Å². The van der Waals surface area contributed by atoms with Gasteiger partial charge in [-0.05, 0) is 35.7 Å². The summed E-state index contributed by atoms with van der Waals surface area (Å²) in [7, 11) is 1.26. The quantitative estimate of drug-likeness (QED) is 0.758. The van der Waals surface area contributed by atoms with E-state index in [-0.39, 0.29) is 18.5 Å². The number of nitrogens with one attached hydrogen (secondary N) is 1. The smallest absolute Gasteiger partial charge is 0.328 e. The number of hydrogen-bond donors (Lipinski definition) is 1. The molecule has 0 aromatic heterocycles. The third-order valence-electron chi connectivity index (χ3n) is 5.04. The molecule has 3 rings (SSSR count). The molecule has 0 bridgehead atoms. The molecule has 1 unspecified atom stereocenters. The Morgan fingerprint density at radius 3 is 2.40 bits per heavy atom. The van der Waals surface area contributed by atoms with E-state index >= 15 is 0 Å². The molecule has 1 aliphatic rings. The summed E-state index contributed by atoms with van der Waals surface area (Å²) in [5.41, 5.74) is 2.03. The number of carbonyl (C=O) groups excluding carboxylic acids is 3. The first-order valence-corrected chi connectivity index (χ1v) is 9.48. The van der Waals surface area contributed by atoms with E-state index in [1.165, 1.54) is 18.9 Å². The second-order valence-corrected chi connectivity index (χ2v) is 7.22. The monoisotopic (exact) mass is 416 g/mol. The van der Waals surface area contributed by atoms with Gasteiger partial charge in [-0.1, -0.05) is 24.3 Å². The number of fused-ring (bicyclic) bond motifs is 1. The zero-order chi connectivity index (χ0) is 21.8. The molecule has 0 fully saturated rings. The largest absolute Gasteiger partial charge is 0.467 e. The van der Waals surface area contributed by atoms with Crippen molar-refractivity contribution in [1.82, 2.24) is 10.2 Å². The standard InChI is InChI=1S/C22H22F2N2O4/c1-13(25-20(27)9-14-7-17(23)11-18(24)8-14)21(28)26-12-16-6-4-3-5-15(16)10-19(26)22(29)30-2/h3-8,11,13,19H,9-10,12H2,1-2H3,(H,25,27)/t13-,19?/m0/s1. The highest BCUT2D eigenvalue weighted by atomic mass is 19.1. The number of halogens is 2. The highest BCUT2D eigenvalue weighted by Crippen LogP contribution is 2.24. The second-order valence-electron chi connectivity index (χ2n) is 7.22. The van der Waals surface area contributed by atoms with Crippen LogP contribution in [0.1, 0.15) is 23.6 Å². The maximum atomic E-state index is 13.3. The Morgan fingerprint density at radius 2 is 1.77 bits per heavy atom. The summed E-state index contributed by atoms with van der Waals surface area (Å²) >= 11 is 0. The first-order valence-electron chi connectivity index (χ1n) is 9.48. The minimum atomic E-state index is -0.937. The van der Waals surface area contributed by atoms with Crippen molar-refractivity contribution in [2.45, 2.75) is 38.4 Å². The van der Waals surface area contributed by atoms with E-state index < -0.39 is 41.5 Å². The molecule has 0 aliphatic carbocycles. The lowest BCUT2D eigenvalue weighted by Gasteiger charge is -2.36. The van der Waals surface area contributed by atoms with Crippen LogP contribution < -0.4 is 5.32 Å². The average Bonchev–Trinajstić information content (AvgIpc) is 2.70. The molecule has 2 aromatic rings. The molecule has 1 N–H and O–H groups in total. The van der Waals surface area contributed by atoms with Crippen LogP contribution in [-0.4, -0.2) is 41.9 Å². The zero-order valence-corrected chi connectivity index (χ0v) is 16.7. The van der Waals surface area contributed by atoms with Crippen LogP contribution >= 0.6 is 0 Å². The van der Waals surface area contributed by atoms with Gasteiger partial charge >= 0.3 is 5.97 Å². The van der Waals surface area contributed by atoms with Gasteiger partial charge in [0.05, 0.1) is 13.5 Å². The third-order valence-corrected chi connectivity index (χ3v) is 5.04. The molecule has 30 heavy (non-hydrogen) atoms. The van der Waals surface area contributed by atoms with Crippen molar-refractivity contribution in [3.05, 3.63) is 70.8 Å². The lowest BCUT2D eigenvalue weighted by atomic mass is 9.93. The Morgan fingerprint density at radius 1 is 1.13 bits per heavy atom. The van der Waals surface area contributed by atoms with Crippen LogP contribution in [-0.2, 0) is 38.5 Å². The number of amides is 2. The lowest BCUT2D eigenvalue weighted by molar-refractivity contribution is -0.154. The first kappa shape index (κ1) is 21.4. The summed E-state index contributed by atoms with van der Waals surface area (Å²) in [5, 5.41) is 2.54. The van der Waals surface area contributed by atoms with E-state index in [2.05, 4.69) is 5.32 Å². The van der Waals surface area contributed by atoms with E-state index in [9.17, 15) is 23.2 Å². The molecule has 2 atom stereocenters. The third kappa shape index (κ3) is 4.82.